The highest BCUT2D eigenvalue weighted by molar-refractivity contribution is 5.42. The van der Waals surface area contributed by atoms with E-state index in [1.165, 1.54) is 12.1 Å². The quantitative estimate of drug-likeness (QED) is 0.866. The summed E-state index contributed by atoms with van der Waals surface area (Å²) in [5.41, 5.74) is 1.05. The number of benzene rings is 2. The molecule has 0 aromatic heterocycles. The van der Waals surface area contributed by atoms with Crippen LogP contribution in [0.3, 0.4) is 0 Å². The number of para-hydroxylation sites is 1. The minimum Gasteiger partial charge on any atom is -0.385 e. The molecule has 19 heavy (non-hydrogen) atoms. The Kier molecular flexibility index (Phi) is 4.10. The molecule has 0 spiro atoms. The lowest BCUT2D eigenvalue weighted by molar-refractivity contribution is -0.137. The third-order valence-corrected chi connectivity index (χ3v) is 2.77. The summed E-state index contributed by atoms with van der Waals surface area (Å²) in [4.78, 5) is 0. The van der Waals surface area contributed by atoms with Crippen LogP contribution in [0.4, 0.5) is 18.9 Å². The molecular formula is C15H14F3N. The van der Waals surface area contributed by atoms with E-state index in [1.54, 1.807) is 6.07 Å². The van der Waals surface area contributed by atoms with Crippen LogP contribution in [-0.4, -0.2) is 6.54 Å². The second kappa shape index (κ2) is 5.78. The van der Waals surface area contributed by atoms with Crippen LogP contribution in [0.5, 0.6) is 0 Å². The van der Waals surface area contributed by atoms with Crippen LogP contribution in [0, 0.1) is 0 Å². The van der Waals surface area contributed by atoms with Crippen molar-refractivity contribution in [3.8, 4) is 0 Å². The zero-order chi connectivity index (χ0) is 13.7. The van der Waals surface area contributed by atoms with Crippen molar-refractivity contribution in [1.82, 2.24) is 0 Å². The van der Waals surface area contributed by atoms with Crippen molar-refractivity contribution in [2.75, 3.05) is 11.9 Å². The molecule has 0 radical (unpaired) electrons. The fourth-order valence-electron chi connectivity index (χ4n) is 1.81. The molecule has 100 valence electrons. The van der Waals surface area contributed by atoms with Crippen molar-refractivity contribution >= 4 is 5.69 Å². The van der Waals surface area contributed by atoms with E-state index in [9.17, 15) is 13.2 Å². The first-order chi connectivity index (χ1) is 9.05. The second-order valence-corrected chi connectivity index (χ2v) is 4.24. The number of anilines is 1. The molecule has 0 saturated heterocycles. The van der Waals surface area contributed by atoms with E-state index in [0.29, 0.717) is 18.5 Å². The fourth-order valence-corrected chi connectivity index (χ4v) is 1.81. The molecule has 0 unspecified atom stereocenters. The molecule has 4 heteroatoms. The van der Waals surface area contributed by atoms with Gasteiger partial charge in [-0.15, -0.1) is 0 Å². The van der Waals surface area contributed by atoms with E-state index < -0.39 is 11.7 Å². The molecule has 0 atom stereocenters. The van der Waals surface area contributed by atoms with Gasteiger partial charge in [-0.1, -0.05) is 36.4 Å². The highest BCUT2D eigenvalue weighted by Gasteiger charge is 2.30. The van der Waals surface area contributed by atoms with Crippen LogP contribution in [0.25, 0.3) is 0 Å². The van der Waals surface area contributed by atoms with E-state index >= 15 is 0 Å². The first kappa shape index (κ1) is 13.5. The minimum atomic E-state index is -4.27. The summed E-state index contributed by atoms with van der Waals surface area (Å²) in [5.74, 6) is 0. The van der Waals surface area contributed by atoms with Crippen molar-refractivity contribution < 1.29 is 13.2 Å². The lowest BCUT2D eigenvalue weighted by Gasteiger charge is -2.09. The third kappa shape index (κ3) is 4.02. The molecule has 0 bridgehead atoms. The van der Waals surface area contributed by atoms with Gasteiger partial charge in [0.25, 0.3) is 0 Å². The standard InChI is InChI=1S/C15H14F3N/c16-15(17,18)13-6-4-5-12(11-13)9-10-19-14-7-2-1-3-8-14/h1-8,11,19H,9-10H2. The predicted octanol–water partition coefficient (Wildman–Crippen LogP) is 4.36. The summed E-state index contributed by atoms with van der Waals surface area (Å²) < 4.78 is 37.6. The fraction of sp³-hybridized carbons (Fsp3) is 0.200. The topological polar surface area (TPSA) is 12.0 Å². The summed E-state index contributed by atoms with van der Waals surface area (Å²) in [6.45, 7) is 0.603. The largest absolute Gasteiger partial charge is 0.416 e. The number of hydrogen-bond acceptors (Lipinski definition) is 1. The molecule has 2 aromatic rings. The summed E-state index contributed by atoms with van der Waals surface area (Å²) in [7, 11) is 0. The highest BCUT2D eigenvalue weighted by Crippen LogP contribution is 2.29. The Hall–Kier alpha value is -1.97. The van der Waals surface area contributed by atoms with E-state index in [1.807, 2.05) is 30.3 Å². The molecule has 1 N–H and O–H groups in total. The Labute approximate surface area is 110 Å². The molecule has 2 rings (SSSR count). The Bertz CT molecular complexity index is 520. The number of rotatable bonds is 4. The summed E-state index contributed by atoms with van der Waals surface area (Å²) in [6.07, 6.45) is -3.72. The maximum Gasteiger partial charge on any atom is 0.416 e. The van der Waals surface area contributed by atoms with Crippen molar-refractivity contribution in [2.45, 2.75) is 12.6 Å². The predicted molar refractivity (Wildman–Crippen MR) is 70.1 cm³/mol. The third-order valence-electron chi connectivity index (χ3n) is 2.77. The molecule has 2 aromatic carbocycles. The van der Waals surface area contributed by atoms with Gasteiger partial charge in [-0.25, -0.2) is 0 Å². The number of alkyl halides is 3. The van der Waals surface area contributed by atoms with Gasteiger partial charge in [-0.05, 0) is 30.2 Å². The molecular weight excluding hydrogens is 251 g/mol. The first-order valence-corrected chi connectivity index (χ1v) is 6.01. The van der Waals surface area contributed by atoms with Crippen LogP contribution in [-0.2, 0) is 12.6 Å². The maximum absolute atomic E-state index is 12.5. The Morgan fingerprint density at radius 3 is 2.32 bits per heavy atom. The van der Waals surface area contributed by atoms with Gasteiger partial charge in [-0.2, -0.15) is 13.2 Å². The van der Waals surface area contributed by atoms with Gasteiger partial charge in [0.15, 0.2) is 0 Å². The molecule has 0 fully saturated rings. The minimum absolute atomic E-state index is 0.554. The first-order valence-electron chi connectivity index (χ1n) is 6.01. The van der Waals surface area contributed by atoms with Gasteiger partial charge in [0.1, 0.15) is 0 Å². The van der Waals surface area contributed by atoms with Gasteiger partial charge >= 0.3 is 6.18 Å². The SMILES string of the molecule is FC(F)(F)c1cccc(CCNc2ccccc2)c1. The van der Waals surface area contributed by atoms with Crippen molar-refractivity contribution in [2.24, 2.45) is 0 Å². The van der Waals surface area contributed by atoms with Crippen LogP contribution in [0.15, 0.2) is 54.6 Å². The molecule has 0 heterocycles. The van der Waals surface area contributed by atoms with Gasteiger partial charge < -0.3 is 5.32 Å². The van der Waals surface area contributed by atoms with Crippen LogP contribution in [0.1, 0.15) is 11.1 Å². The van der Waals surface area contributed by atoms with Gasteiger partial charge in [0, 0.05) is 12.2 Å². The Morgan fingerprint density at radius 1 is 0.895 bits per heavy atom. The van der Waals surface area contributed by atoms with E-state index in [2.05, 4.69) is 5.32 Å². The zero-order valence-electron chi connectivity index (χ0n) is 10.2. The zero-order valence-corrected chi connectivity index (χ0v) is 10.2. The van der Waals surface area contributed by atoms with Gasteiger partial charge in [0.05, 0.1) is 5.56 Å². The van der Waals surface area contributed by atoms with Gasteiger partial charge in [0.2, 0.25) is 0 Å². The molecule has 0 aliphatic rings. The smallest absolute Gasteiger partial charge is 0.385 e. The lowest BCUT2D eigenvalue weighted by atomic mass is 10.1. The average Bonchev–Trinajstić information content (AvgIpc) is 2.39. The normalized spacial score (nSPS) is 11.3. The number of halogens is 3. The van der Waals surface area contributed by atoms with Crippen molar-refractivity contribution in [3.63, 3.8) is 0 Å². The Balaban J connectivity index is 1.93. The average molecular weight is 265 g/mol. The van der Waals surface area contributed by atoms with Crippen LogP contribution in [0.2, 0.25) is 0 Å². The monoisotopic (exact) mass is 265 g/mol. The van der Waals surface area contributed by atoms with E-state index in [0.717, 1.165) is 11.8 Å². The molecule has 0 aliphatic heterocycles. The maximum atomic E-state index is 12.5. The van der Waals surface area contributed by atoms with Crippen LogP contribution >= 0.6 is 0 Å². The Morgan fingerprint density at radius 2 is 1.63 bits per heavy atom. The van der Waals surface area contributed by atoms with E-state index in [4.69, 9.17) is 0 Å². The number of nitrogens with one attached hydrogen (secondary N) is 1. The van der Waals surface area contributed by atoms with Crippen LogP contribution < -0.4 is 5.32 Å². The molecule has 1 nitrogen and oxygen atoms in total. The lowest BCUT2D eigenvalue weighted by Crippen LogP contribution is -2.08. The number of hydrogen-bond donors (Lipinski definition) is 1. The molecule has 0 aliphatic carbocycles. The van der Waals surface area contributed by atoms with Crippen molar-refractivity contribution in [3.05, 3.63) is 65.7 Å². The van der Waals surface area contributed by atoms with E-state index in [-0.39, 0.29) is 0 Å². The highest BCUT2D eigenvalue weighted by atomic mass is 19.4. The van der Waals surface area contributed by atoms with Crippen molar-refractivity contribution in [1.29, 1.82) is 0 Å². The summed E-state index contributed by atoms with van der Waals surface area (Å²) in [5, 5.41) is 3.17. The summed E-state index contributed by atoms with van der Waals surface area (Å²) in [6, 6.07) is 15.0. The molecule has 0 amide bonds. The second-order valence-electron chi connectivity index (χ2n) is 4.24. The van der Waals surface area contributed by atoms with Gasteiger partial charge in [-0.3, -0.25) is 0 Å². The molecule has 0 saturated carbocycles. The summed E-state index contributed by atoms with van der Waals surface area (Å²) >= 11 is 0.